The molecular formula is C12H18ClNO. The molecule has 0 saturated heterocycles. The number of ether oxygens (including phenoxy) is 1. The van der Waals surface area contributed by atoms with Crippen LogP contribution in [0.3, 0.4) is 0 Å². The molecule has 84 valence electrons. The predicted molar refractivity (Wildman–Crippen MR) is 64.6 cm³/mol. The summed E-state index contributed by atoms with van der Waals surface area (Å²) >= 11 is 6.09. The van der Waals surface area contributed by atoms with E-state index in [1.54, 1.807) is 0 Å². The van der Waals surface area contributed by atoms with E-state index < -0.39 is 0 Å². The molecule has 0 radical (unpaired) electrons. The fourth-order valence-corrected chi connectivity index (χ4v) is 1.65. The van der Waals surface area contributed by atoms with Gasteiger partial charge >= 0.3 is 0 Å². The summed E-state index contributed by atoms with van der Waals surface area (Å²) in [7, 11) is 0. The fraction of sp³-hybridized carbons (Fsp3) is 0.500. The zero-order chi connectivity index (χ0) is 11.1. The minimum atomic E-state index is 0.591. The summed E-state index contributed by atoms with van der Waals surface area (Å²) < 4.78 is 5.67. The third-order valence-corrected chi connectivity index (χ3v) is 2.58. The van der Waals surface area contributed by atoms with Crippen LogP contribution in [0.4, 0.5) is 0 Å². The Morgan fingerprint density at radius 2 is 2.20 bits per heavy atom. The third-order valence-electron chi connectivity index (χ3n) is 2.23. The summed E-state index contributed by atoms with van der Waals surface area (Å²) in [5.41, 5.74) is 6.56. The lowest BCUT2D eigenvalue weighted by molar-refractivity contribution is 0.306. The smallest absolute Gasteiger partial charge is 0.124 e. The van der Waals surface area contributed by atoms with E-state index in [0.717, 1.165) is 42.2 Å². The SMILES string of the molecule is CCCCOc1cccc(Cl)c1CCN. The van der Waals surface area contributed by atoms with E-state index in [0.29, 0.717) is 6.54 Å². The van der Waals surface area contributed by atoms with E-state index >= 15 is 0 Å². The molecule has 3 heteroatoms. The van der Waals surface area contributed by atoms with Crippen LogP contribution in [0.25, 0.3) is 0 Å². The van der Waals surface area contributed by atoms with E-state index in [1.165, 1.54) is 0 Å². The number of unbranched alkanes of at least 4 members (excludes halogenated alkanes) is 1. The van der Waals surface area contributed by atoms with Gasteiger partial charge in [0.1, 0.15) is 5.75 Å². The lowest BCUT2D eigenvalue weighted by Gasteiger charge is -2.11. The molecule has 0 amide bonds. The van der Waals surface area contributed by atoms with Gasteiger partial charge in [0.25, 0.3) is 0 Å². The van der Waals surface area contributed by atoms with Crippen molar-refractivity contribution in [1.82, 2.24) is 0 Å². The number of hydrogen-bond donors (Lipinski definition) is 1. The van der Waals surface area contributed by atoms with Crippen molar-refractivity contribution in [3.8, 4) is 5.75 Å². The molecule has 15 heavy (non-hydrogen) atoms. The summed E-state index contributed by atoms with van der Waals surface area (Å²) in [6.45, 7) is 3.48. The largest absolute Gasteiger partial charge is 0.493 e. The van der Waals surface area contributed by atoms with E-state index in [1.807, 2.05) is 18.2 Å². The minimum Gasteiger partial charge on any atom is -0.493 e. The zero-order valence-corrected chi connectivity index (χ0v) is 9.89. The van der Waals surface area contributed by atoms with Crippen molar-refractivity contribution in [2.45, 2.75) is 26.2 Å². The van der Waals surface area contributed by atoms with Gasteiger partial charge in [0.2, 0.25) is 0 Å². The van der Waals surface area contributed by atoms with Crippen molar-refractivity contribution in [2.24, 2.45) is 5.73 Å². The summed E-state index contributed by atoms with van der Waals surface area (Å²) in [5, 5.41) is 0.745. The number of nitrogens with two attached hydrogens (primary N) is 1. The average Bonchev–Trinajstić information content (AvgIpc) is 2.23. The Kier molecular flexibility index (Phi) is 5.51. The fourth-order valence-electron chi connectivity index (χ4n) is 1.39. The van der Waals surface area contributed by atoms with Crippen LogP contribution in [-0.2, 0) is 6.42 Å². The Balaban J connectivity index is 2.71. The third kappa shape index (κ3) is 3.73. The summed E-state index contributed by atoms with van der Waals surface area (Å²) in [4.78, 5) is 0. The van der Waals surface area contributed by atoms with Crippen molar-refractivity contribution in [3.05, 3.63) is 28.8 Å². The van der Waals surface area contributed by atoms with Gasteiger partial charge in [-0.1, -0.05) is 31.0 Å². The molecule has 0 aliphatic rings. The highest BCUT2D eigenvalue weighted by atomic mass is 35.5. The molecule has 0 saturated carbocycles. The van der Waals surface area contributed by atoms with Crippen LogP contribution in [0, 0.1) is 0 Å². The van der Waals surface area contributed by atoms with Crippen molar-refractivity contribution in [2.75, 3.05) is 13.2 Å². The normalized spacial score (nSPS) is 10.3. The molecule has 1 aromatic rings. The molecule has 0 aromatic heterocycles. The molecule has 0 aliphatic heterocycles. The Bertz CT molecular complexity index is 302. The Morgan fingerprint density at radius 1 is 1.40 bits per heavy atom. The standard InChI is InChI=1S/C12H18ClNO/c1-2-3-9-15-12-6-4-5-11(13)10(12)7-8-14/h4-6H,2-3,7-9,14H2,1H3. The molecule has 1 rings (SSSR count). The van der Waals surface area contributed by atoms with Gasteiger partial charge in [-0.2, -0.15) is 0 Å². The molecule has 0 bridgehead atoms. The molecule has 2 nitrogen and oxygen atoms in total. The molecule has 0 heterocycles. The van der Waals surface area contributed by atoms with Gasteiger partial charge in [0.05, 0.1) is 6.61 Å². The number of hydrogen-bond acceptors (Lipinski definition) is 2. The molecule has 0 unspecified atom stereocenters. The van der Waals surface area contributed by atoms with Gasteiger partial charge in [-0.05, 0) is 31.5 Å². The van der Waals surface area contributed by atoms with Crippen LogP contribution in [-0.4, -0.2) is 13.2 Å². The molecule has 0 fully saturated rings. The van der Waals surface area contributed by atoms with Gasteiger partial charge in [-0.25, -0.2) is 0 Å². The van der Waals surface area contributed by atoms with Crippen molar-refractivity contribution in [3.63, 3.8) is 0 Å². The van der Waals surface area contributed by atoms with Crippen molar-refractivity contribution in [1.29, 1.82) is 0 Å². The van der Waals surface area contributed by atoms with Gasteiger partial charge in [-0.15, -0.1) is 0 Å². The second-order valence-electron chi connectivity index (χ2n) is 3.46. The van der Waals surface area contributed by atoms with Gasteiger partial charge in [-0.3, -0.25) is 0 Å². The number of benzene rings is 1. The van der Waals surface area contributed by atoms with E-state index in [4.69, 9.17) is 22.1 Å². The van der Waals surface area contributed by atoms with Gasteiger partial charge in [0, 0.05) is 10.6 Å². The topological polar surface area (TPSA) is 35.2 Å². The van der Waals surface area contributed by atoms with Crippen molar-refractivity contribution < 1.29 is 4.74 Å². The first-order chi connectivity index (χ1) is 7.29. The highest BCUT2D eigenvalue weighted by molar-refractivity contribution is 6.31. The first-order valence-corrected chi connectivity index (χ1v) is 5.77. The number of rotatable bonds is 6. The second kappa shape index (κ2) is 6.70. The van der Waals surface area contributed by atoms with Gasteiger partial charge < -0.3 is 10.5 Å². The maximum absolute atomic E-state index is 6.09. The maximum Gasteiger partial charge on any atom is 0.124 e. The van der Waals surface area contributed by atoms with Crippen LogP contribution in [0.2, 0.25) is 5.02 Å². The predicted octanol–water partition coefficient (Wildman–Crippen LogP) is 3.02. The van der Waals surface area contributed by atoms with Gasteiger partial charge in [0.15, 0.2) is 0 Å². The monoisotopic (exact) mass is 227 g/mol. The summed E-state index contributed by atoms with van der Waals surface area (Å²) in [5.74, 6) is 0.876. The average molecular weight is 228 g/mol. The van der Waals surface area contributed by atoms with E-state index in [-0.39, 0.29) is 0 Å². The van der Waals surface area contributed by atoms with Crippen LogP contribution >= 0.6 is 11.6 Å². The molecular weight excluding hydrogens is 210 g/mol. The first kappa shape index (κ1) is 12.3. The quantitative estimate of drug-likeness (QED) is 0.759. The second-order valence-corrected chi connectivity index (χ2v) is 3.86. The highest BCUT2D eigenvalue weighted by Gasteiger charge is 2.06. The molecule has 0 atom stereocenters. The minimum absolute atomic E-state index is 0.591. The lowest BCUT2D eigenvalue weighted by Crippen LogP contribution is -2.06. The Hall–Kier alpha value is -0.730. The van der Waals surface area contributed by atoms with Crippen LogP contribution in [0.15, 0.2) is 18.2 Å². The number of halogens is 1. The Morgan fingerprint density at radius 3 is 2.87 bits per heavy atom. The summed E-state index contributed by atoms with van der Waals surface area (Å²) in [6.07, 6.45) is 2.96. The first-order valence-electron chi connectivity index (χ1n) is 5.39. The molecule has 0 spiro atoms. The highest BCUT2D eigenvalue weighted by Crippen LogP contribution is 2.26. The van der Waals surface area contributed by atoms with Crippen LogP contribution in [0.1, 0.15) is 25.3 Å². The van der Waals surface area contributed by atoms with Crippen molar-refractivity contribution >= 4 is 11.6 Å². The van der Waals surface area contributed by atoms with E-state index in [9.17, 15) is 0 Å². The Labute approximate surface area is 96.4 Å². The molecule has 0 aliphatic carbocycles. The molecule has 1 aromatic carbocycles. The summed E-state index contributed by atoms with van der Waals surface area (Å²) in [6, 6.07) is 5.73. The lowest BCUT2D eigenvalue weighted by atomic mass is 10.1. The maximum atomic E-state index is 6.09. The van der Waals surface area contributed by atoms with Crippen LogP contribution in [0.5, 0.6) is 5.75 Å². The zero-order valence-electron chi connectivity index (χ0n) is 9.13. The van der Waals surface area contributed by atoms with E-state index in [2.05, 4.69) is 6.92 Å². The molecule has 2 N–H and O–H groups in total. The van der Waals surface area contributed by atoms with Crippen LogP contribution < -0.4 is 10.5 Å².